The fraction of sp³-hybridized carbons (Fsp3) is 0.214. The Bertz CT molecular complexity index is 702. The van der Waals surface area contributed by atoms with Gasteiger partial charge in [0, 0.05) is 5.56 Å². The van der Waals surface area contributed by atoms with Gasteiger partial charge < -0.3 is 10.2 Å². The Balaban J connectivity index is 2.18. The molecule has 0 saturated carbocycles. The van der Waals surface area contributed by atoms with Gasteiger partial charge in [-0.1, -0.05) is 23.7 Å². The fourth-order valence-corrected chi connectivity index (χ4v) is 2.47. The van der Waals surface area contributed by atoms with E-state index < -0.39 is 0 Å². The molecule has 2 heterocycles. The molecule has 3 rings (SSSR count). The number of aryl methyl sites for hydroxylation is 1. The molecule has 0 unspecified atom stereocenters. The third-order valence-corrected chi connectivity index (χ3v) is 3.57. The van der Waals surface area contributed by atoms with Crippen molar-refractivity contribution in [2.45, 2.75) is 13.8 Å². The first-order valence-electron chi connectivity index (χ1n) is 6.23. The van der Waals surface area contributed by atoms with E-state index in [1.807, 2.05) is 36.1 Å². The van der Waals surface area contributed by atoms with Gasteiger partial charge in [0.2, 0.25) is 5.91 Å². The van der Waals surface area contributed by atoms with Gasteiger partial charge in [0.15, 0.2) is 0 Å². The summed E-state index contributed by atoms with van der Waals surface area (Å²) in [6.45, 7) is 3.85. The van der Waals surface area contributed by atoms with Crippen molar-refractivity contribution in [3.05, 3.63) is 40.8 Å². The van der Waals surface area contributed by atoms with E-state index in [4.69, 9.17) is 11.6 Å². The molecule has 20 heavy (non-hydrogen) atoms. The summed E-state index contributed by atoms with van der Waals surface area (Å²) in [5.41, 5.74) is 2.45. The van der Waals surface area contributed by atoms with Crippen molar-refractivity contribution >= 4 is 34.7 Å². The highest BCUT2D eigenvalue weighted by Crippen LogP contribution is 2.36. The third-order valence-electron chi connectivity index (χ3n) is 3.20. The van der Waals surface area contributed by atoms with Crippen LogP contribution in [0.25, 0.3) is 0 Å². The number of nitrogens with zero attached hydrogens (tertiary/aromatic N) is 3. The summed E-state index contributed by atoms with van der Waals surface area (Å²) in [6, 6.07) is 7.62. The van der Waals surface area contributed by atoms with Crippen molar-refractivity contribution in [1.82, 2.24) is 9.97 Å². The van der Waals surface area contributed by atoms with Crippen molar-refractivity contribution in [3.8, 4) is 0 Å². The number of aromatic nitrogens is 2. The predicted molar refractivity (Wildman–Crippen MR) is 78.6 cm³/mol. The second-order valence-electron chi connectivity index (χ2n) is 4.66. The molecule has 1 aromatic heterocycles. The van der Waals surface area contributed by atoms with Crippen LogP contribution in [0.1, 0.15) is 11.4 Å². The molecular weight excluding hydrogens is 276 g/mol. The molecule has 0 aliphatic carbocycles. The molecule has 1 aliphatic heterocycles. The van der Waals surface area contributed by atoms with E-state index in [1.165, 1.54) is 0 Å². The van der Waals surface area contributed by atoms with Gasteiger partial charge in [-0.05, 0) is 26.0 Å². The van der Waals surface area contributed by atoms with Crippen LogP contribution in [-0.2, 0) is 4.79 Å². The molecule has 0 fully saturated rings. The first-order chi connectivity index (χ1) is 9.56. The Morgan fingerprint density at radius 1 is 1.25 bits per heavy atom. The lowest BCUT2D eigenvalue weighted by Gasteiger charge is -2.31. The van der Waals surface area contributed by atoms with Crippen molar-refractivity contribution in [1.29, 1.82) is 0 Å². The number of anilines is 3. The summed E-state index contributed by atoms with van der Waals surface area (Å²) in [5, 5.41) is 3.26. The van der Waals surface area contributed by atoms with Crippen LogP contribution < -0.4 is 10.2 Å². The highest BCUT2D eigenvalue weighted by molar-refractivity contribution is 6.30. The molecule has 0 radical (unpaired) electrons. The lowest BCUT2D eigenvalue weighted by atomic mass is 10.1. The summed E-state index contributed by atoms with van der Waals surface area (Å²) in [7, 11) is 0. The molecule has 1 aromatic carbocycles. The minimum Gasteiger partial charge on any atom is -0.323 e. The summed E-state index contributed by atoms with van der Waals surface area (Å²) < 4.78 is 0. The third kappa shape index (κ3) is 2.10. The minimum absolute atomic E-state index is 0.0736. The Morgan fingerprint density at radius 3 is 2.80 bits per heavy atom. The van der Waals surface area contributed by atoms with Gasteiger partial charge in [0.05, 0.1) is 11.4 Å². The second kappa shape index (κ2) is 4.76. The summed E-state index contributed by atoms with van der Waals surface area (Å²) in [4.78, 5) is 22.3. The Kier molecular flexibility index (Phi) is 3.06. The molecule has 6 heteroatoms. The van der Waals surface area contributed by atoms with Crippen LogP contribution in [0.2, 0.25) is 5.15 Å². The maximum absolute atomic E-state index is 11.9. The van der Waals surface area contributed by atoms with Gasteiger partial charge >= 0.3 is 0 Å². The Labute approximate surface area is 121 Å². The minimum atomic E-state index is -0.0736. The summed E-state index contributed by atoms with van der Waals surface area (Å²) >= 11 is 6.12. The Morgan fingerprint density at radius 2 is 2.00 bits per heavy atom. The number of para-hydroxylation sites is 2. The molecule has 1 amide bonds. The van der Waals surface area contributed by atoms with E-state index >= 15 is 0 Å². The molecule has 0 saturated heterocycles. The zero-order chi connectivity index (χ0) is 14.3. The van der Waals surface area contributed by atoms with E-state index in [1.54, 1.807) is 6.92 Å². The standard InChI is InChI=1S/C14H13ClN4O/c1-8-13(15)16-9(2)17-14(8)19-7-12(20)18-10-5-3-4-6-11(10)19/h3-6H,7H2,1-2H3,(H,18,20). The topological polar surface area (TPSA) is 58.1 Å². The molecule has 2 aromatic rings. The molecule has 0 atom stereocenters. The summed E-state index contributed by atoms with van der Waals surface area (Å²) in [6.07, 6.45) is 0. The number of benzene rings is 1. The number of hydrogen-bond acceptors (Lipinski definition) is 4. The lowest BCUT2D eigenvalue weighted by Crippen LogP contribution is -2.36. The van der Waals surface area contributed by atoms with Crippen molar-refractivity contribution in [2.24, 2.45) is 0 Å². The fourth-order valence-electron chi connectivity index (χ4n) is 2.27. The molecule has 5 nitrogen and oxygen atoms in total. The van der Waals surface area contributed by atoms with Gasteiger partial charge in [-0.15, -0.1) is 0 Å². The summed E-state index contributed by atoms with van der Waals surface area (Å²) in [5.74, 6) is 1.18. The van der Waals surface area contributed by atoms with Crippen LogP contribution in [-0.4, -0.2) is 22.4 Å². The number of carbonyl (C=O) groups is 1. The maximum atomic E-state index is 11.9. The number of rotatable bonds is 1. The highest BCUT2D eigenvalue weighted by Gasteiger charge is 2.25. The zero-order valence-corrected chi connectivity index (χ0v) is 11.9. The van der Waals surface area contributed by atoms with Gasteiger partial charge in [-0.2, -0.15) is 0 Å². The van der Waals surface area contributed by atoms with E-state index in [2.05, 4.69) is 15.3 Å². The largest absolute Gasteiger partial charge is 0.323 e. The number of fused-ring (bicyclic) bond motifs is 1. The van der Waals surface area contributed by atoms with Gasteiger partial charge in [0.25, 0.3) is 0 Å². The number of carbonyl (C=O) groups excluding carboxylic acids is 1. The van der Waals surface area contributed by atoms with Crippen LogP contribution in [0.4, 0.5) is 17.2 Å². The van der Waals surface area contributed by atoms with E-state index in [0.29, 0.717) is 16.8 Å². The van der Waals surface area contributed by atoms with E-state index in [9.17, 15) is 4.79 Å². The number of nitrogens with one attached hydrogen (secondary N) is 1. The van der Waals surface area contributed by atoms with Crippen molar-refractivity contribution < 1.29 is 4.79 Å². The van der Waals surface area contributed by atoms with E-state index in [-0.39, 0.29) is 12.5 Å². The van der Waals surface area contributed by atoms with Gasteiger partial charge in [-0.3, -0.25) is 4.79 Å². The average Bonchev–Trinajstić information content (AvgIpc) is 2.42. The second-order valence-corrected chi connectivity index (χ2v) is 5.02. The molecule has 1 N–H and O–H groups in total. The SMILES string of the molecule is Cc1nc(Cl)c(C)c(N2CC(=O)Nc3ccccc32)n1. The number of hydrogen-bond donors (Lipinski definition) is 1. The van der Waals surface area contributed by atoms with E-state index in [0.717, 1.165) is 16.9 Å². The highest BCUT2D eigenvalue weighted by atomic mass is 35.5. The Hall–Kier alpha value is -2.14. The van der Waals surface area contributed by atoms with Crippen LogP contribution in [0.15, 0.2) is 24.3 Å². The van der Waals surface area contributed by atoms with Crippen LogP contribution >= 0.6 is 11.6 Å². The van der Waals surface area contributed by atoms with Crippen LogP contribution in [0.3, 0.4) is 0 Å². The first-order valence-corrected chi connectivity index (χ1v) is 6.61. The molecule has 1 aliphatic rings. The number of halogens is 1. The zero-order valence-electron chi connectivity index (χ0n) is 11.1. The van der Waals surface area contributed by atoms with Crippen LogP contribution in [0.5, 0.6) is 0 Å². The maximum Gasteiger partial charge on any atom is 0.244 e. The van der Waals surface area contributed by atoms with Gasteiger partial charge in [-0.25, -0.2) is 9.97 Å². The molecule has 0 spiro atoms. The van der Waals surface area contributed by atoms with Crippen molar-refractivity contribution in [3.63, 3.8) is 0 Å². The van der Waals surface area contributed by atoms with Crippen molar-refractivity contribution in [2.75, 3.05) is 16.8 Å². The predicted octanol–water partition coefficient (Wildman–Crippen LogP) is 2.84. The average molecular weight is 289 g/mol. The number of amides is 1. The smallest absolute Gasteiger partial charge is 0.244 e. The molecular formula is C14H13ClN4O. The lowest BCUT2D eigenvalue weighted by molar-refractivity contribution is -0.115. The van der Waals surface area contributed by atoms with Crippen LogP contribution in [0, 0.1) is 13.8 Å². The molecule has 0 bridgehead atoms. The normalized spacial score (nSPS) is 13.9. The quantitative estimate of drug-likeness (QED) is 0.820. The monoisotopic (exact) mass is 288 g/mol. The molecule has 102 valence electrons. The van der Waals surface area contributed by atoms with Gasteiger partial charge in [0.1, 0.15) is 23.3 Å². The first kappa shape index (κ1) is 12.9.